The SMILES string of the molecule is CC(NC(=O)c1ccccc1NC(=O)CN1C(=O)CC(Cc2ccccc2)C1=O)c1ccccc1. The van der Waals surface area contributed by atoms with Gasteiger partial charge in [-0.25, -0.2) is 0 Å². The van der Waals surface area contributed by atoms with Crippen molar-refractivity contribution in [2.24, 2.45) is 5.92 Å². The first kappa shape index (κ1) is 23.9. The summed E-state index contributed by atoms with van der Waals surface area (Å²) in [6, 6.07) is 25.5. The van der Waals surface area contributed by atoms with Crippen LogP contribution in [0.2, 0.25) is 0 Å². The van der Waals surface area contributed by atoms with E-state index in [1.54, 1.807) is 24.3 Å². The van der Waals surface area contributed by atoms with Crippen LogP contribution in [0.5, 0.6) is 0 Å². The molecule has 178 valence electrons. The molecule has 1 aliphatic rings. The average Bonchev–Trinajstić information content (AvgIpc) is 3.12. The standard InChI is InChI=1S/C28H27N3O4/c1-19(21-12-6-3-7-13-21)29-27(34)23-14-8-9-15-24(23)30-25(32)18-31-26(33)17-22(28(31)35)16-20-10-4-2-5-11-20/h2-15,19,22H,16-18H2,1H3,(H,29,34)(H,30,32). The molecule has 1 aliphatic heterocycles. The number of carbonyl (C=O) groups excluding carboxylic acids is 4. The smallest absolute Gasteiger partial charge is 0.253 e. The number of para-hydroxylation sites is 1. The second-order valence-electron chi connectivity index (χ2n) is 8.61. The molecule has 7 heteroatoms. The highest BCUT2D eigenvalue weighted by atomic mass is 16.2. The molecule has 3 aromatic carbocycles. The Morgan fingerprint density at radius 3 is 2.26 bits per heavy atom. The summed E-state index contributed by atoms with van der Waals surface area (Å²) in [5.41, 5.74) is 2.54. The maximum absolute atomic E-state index is 12.9. The van der Waals surface area contributed by atoms with Crippen LogP contribution in [-0.2, 0) is 20.8 Å². The van der Waals surface area contributed by atoms with Crippen molar-refractivity contribution >= 4 is 29.3 Å². The van der Waals surface area contributed by atoms with Crippen LogP contribution in [0.25, 0.3) is 0 Å². The molecule has 7 nitrogen and oxygen atoms in total. The molecule has 0 aliphatic carbocycles. The molecule has 1 saturated heterocycles. The number of carbonyl (C=O) groups is 4. The van der Waals surface area contributed by atoms with Crippen molar-refractivity contribution < 1.29 is 19.2 Å². The van der Waals surface area contributed by atoms with Gasteiger partial charge in [-0.05, 0) is 36.6 Å². The Morgan fingerprint density at radius 1 is 0.914 bits per heavy atom. The van der Waals surface area contributed by atoms with Gasteiger partial charge in [0, 0.05) is 6.42 Å². The summed E-state index contributed by atoms with van der Waals surface area (Å²) >= 11 is 0. The summed E-state index contributed by atoms with van der Waals surface area (Å²) in [5.74, 6) is -2.07. The second kappa shape index (κ2) is 10.8. The number of nitrogens with one attached hydrogen (secondary N) is 2. The summed E-state index contributed by atoms with van der Waals surface area (Å²) in [6.07, 6.45) is 0.531. The number of amides is 4. The third-order valence-corrected chi connectivity index (χ3v) is 6.06. The zero-order valence-corrected chi connectivity index (χ0v) is 19.4. The molecule has 4 amide bonds. The van der Waals surface area contributed by atoms with Gasteiger partial charge >= 0.3 is 0 Å². The van der Waals surface area contributed by atoms with Crippen LogP contribution in [0, 0.1) is 5.92 Å². The molecule has 0 aromatic heterocycles. The zero-order valence-electron chi connectivity index (χ0n) is 19.4. The predicted octanol–water partition coefficient (Wildman–Crippen LogP) is 3.73. The van der Waals surface area contributed by atoms with Crippen LogP contribution < -0.4 is 10.6 Å². The van der Waals surface area contributed by atoms with Crippen molar-refractivity contribution in [3.8, 4) is 0 Å². The van der Waals surface area contributed by atoms with Crippen molar-refractivity contribution in [1.29, 1.82) is 0 Å². The normalized spacial score (nSPS) is 16.1. The van der Waals surface area contributed by atoms with E-state index in [2.05, 4.69) is 10.6 Å². The summed E-state index contributed by atoms with van der Waals surface area (Å²) in [7, 11) is 0. The number of hydrogen-bond donors (Lipinski definition) is 2. The number of hydrogen-bond acceptors (Lipinski definition) is 4. The number of anilines is 1. The second-order valence-corrected chi connectivity index (χ2v) is 8.61. The van der Waals surface area contributed by atoms with E-state index in [4.69, 9.17) is 0 Å². The van der Waals surface area contributed by atoms with Crippen molar-refractivity contribution in [1.82, 2.24) is 10.2 Å². The van der Waals surface area contributed by atoms with Crippen molar-refractivity contribution in [3.05, 3.63) is 102 Å². The molecule has 2 atom stereocenters. The molecule has 2 N–H and O–H groups in total. The van der Waals surface area contributed by atoms with E-state index in [9.17, 15) is 19.2 Å². The molecular formula is C28H27N3O4. The van der Waals surface area contributed by atoms with E-state index in [-0.39, 0.29) is 36.7 Å². The van der Waals surface area contributed by atoms with Crippen molar-refractivity contribution in [2.75, 3.05) is 11.9 Å². The third-order valence-electron chi connectivity index (χ3n) is 6.06. The summed E-state index contributed by atoms with van der Waals surface area (Å²) in [4.78, 5) is 51.9. The predicted molar refractivity (Wildman–Crippen MR) is 132 cm³/mol. The number of imide groups is 1. The lowest BCUT2D eigenvalue weighted by Gasteiger charge is -2.18. The Labute approximate surface area is 204 Å². The minimum Gasteiger partial charge on any atom is -0.345 e. The number of likely N-dealkylation sites (tertiary alicyclic amines) is 1. The number of nitrogens with zero attached hydrogens (tertiary/aromatic N) is 1. The maximum Gasteiger partial charge on any atom is 0.253 e. The van der Waals surface area contributed by atoms with E-state index < -0.39 is 11.8 Å². The Balaban J connectivity index is 1.39. The Bertz CT molecular complexity index is 1230. The Hall–Kier alpha value is -4.26. The molecule has 0 radical (unpaired) electrons. The van der Waals surface area contributed by atoms with Gasteiger partial charge < -0.3 is 10.6 Å². The van der Waals surface area contributed by atoms with E-state index in [1.165, 1.54) is 0 Å². The first-order valence-corrected chi connectivity index (χ1v) is 11.5. The van der Waals surface area contributed by atoms with Gasteiger partial charge in [0.25, 0.3) is 5.91 Å². The molecule has 0 spiro atoms. The van der Waals surface area contributed by atoms with Crippen LogP contribution in [-0.4, -0.2) is 35.1 Å². The first-order valence-electron chi connectivity index (χ1n) is 11.5. The quantitative estimate of drug-likeness (QED) is 0.492. The molecule has 1 fully saturated rings. The van der Waals surface area contributed by atoms with Gasteiger partial charge in [-0.1, -0.05) is 72.8 Å². The number of benzene rings is 3. The molecule has 1 heterocycles. The molecule has 4 rings (SSSR count). The van der Waals surface area contributed by atoms with Gasteiger partial charge in [0.2, 0.25) is 17.7 Å². The first-order chi connectivity index (χ1) is 16.9. The minimum absolute atomic E-state index is 0.0807. The highest BCUT2D eigenvalue weighted by molar-refractivity contribution is 6.09. The molecular weight excluding hydrogens is 442 g/mol. The van der Waals surface area contributed by atoms with Crippen LogP contribution in [0.4, 0.5) is 5.69 Å². The lowest BCUT2D eigenvalue weighted by molar-refractivity contribution is -0.142. The third kappa shape index (κ3) is 5.81. The minimum atomic E-state index is -0.539. The Kier molecular flexibility index (Phi) is 7.35. The van der Waals surface area contributed by atoms with E-state index in [0.717, 1.165) is 16.0 Å². The largest absolute Gasteiger partial charge is 0.345 e. The highest BCUT2D eigenvalue weighted by Crippen LogP contribution is 2.24. The topological polar surface area (TPSA) is 95.6 Å². The summed E-state index contributed by atoms with van der Waals surface area (Å²) < 4.78 is 0. The van der Waals surface area contributed by atoms with Crippen LogP contribution in [0.15, 0.2) is 84.9 Å². The van der Waals surface area contributed by atoms with Gasteiger partial charge in [0.05, 0.1) is 23.2 Å². The van der Waals surface area contributed by atoms with E-state index in [0.29, 0.717) is 17.7 Å². The molecule has 0 saturated carbocycles. The van der Waals surface area contributed by atoms with Gasteiger partial charge in [0.15, 0.2) is 0 Å². The summed E-state index contributed by atoms with van der Waals surface area (Å²) in [5, 5.41) is 5.62. The maximum atomic E-state index is 12.9. The fraction of sp³-hybridized carbons (Fsp3) is 0.214. The van der Waals surface area contributed by atoms with E-state index >= 15 is 0 Å². The van der Waals surface area contributed by atoms with Gasteiger partial charge in [0.1, 0.15) is 6.54 Å². The Morgan fingerprint density at radius 2 is 1.54 bits per heavy atom. The fourth-order valence-electron chi connectivity index (χ4n) is 4.20. The van der Waals surface area contributed by atoms with E-state index in [1.807, 2.05) is 67.6 Å². The lowest BCUT2D eigenvalue weighted by atomic mass is 9.98. The molecule has 0 bridgehead atoms. The van der Waals surface area contributed by atoms with Crippen molar-refractivity contribution in [3.63, 3.8) is 0 Å². The number of rotatable bonds is 8. The monoisotopic (exact) mass is 469 g/mol. The lowest BCUT2D eigenvalue weighted by Crippen LogP contribution is -2.38. The fourth-order valence-corrected chi connectivity index (χ4v) is 4.20. The molecule has 3 aromatic rings. The van der Waals surface area contributed by atoms with Gasteiger partial charge in [-0.2, -0.15) is 0 Å². The molecule has 2 unspecified atom stereocenters. The van der Waals surface area contributed by atoms with Gasteiger partial charge in [-0.3, -0.25) is 24.1 Å². The van der Waals surface area contributed by atoms with Gasteiger partial charge in [-0.15, -0.1) is 0 Å². The van der Waals surface area contributed by atoms with Crippen LogP contribution >= 0.6 is 0 Å². The highest BCUT2D eigenvalue weighted by Gasteiger charge is 2.39. The van der Waals surface area contributed by atoms with Crippen molar-refractivity contribution in [2.45, 2.75) is 25.8 Å². The van der Waals surface area contributed by atoms with Crippen LogP contribution in [0.1, 0.15) is 40.9 Å². The zero-order chi connectivity index (χ0) is 24.8. The van der Waals surface area contributed by atoms with Crippen LogP contribution in [0.3, 0.4) is 0 Å². The average molecular weight is 470 g/mol. The molecule has 35 heavy (non-hydrogen) atoms. The summed E-state index contributed by atoms with van der Waals surface area (Å²) in [6.45, 7) is 1.49.